The van der Waals surface area contributed by atoms with Crippen molar-refractivity contribution in [3.8, 4) is 5.75 Å². The minimum Gasteiger partial charge on any atom is -0.497 e. The van der Waals surface area contributed by atoms with Gasteiger partial charge >= 0.3 is 0 Å². The molecule has 0 spiro atoms. The first kappa shape index (κ1) is 21.0. The third-order valence-electron chi connectivity index (χ3n) is 7.27. The van der Waals surface area contributed by atoms with E-state index in [1.165, 1.54) is 18.4 Å². The number of hydrogen-bond donors (Lipinski definition) is 0. The normalized spacial score (nSPS) is 20.0. The number of ether oxygens (including phenoxy) is 1. The van der Waals surface area contributed by atoms with Crippen molar-refractivity contribution in [2.75, 3.05) is 39.8 Å². The molecule has 2 heterocycles. The van der Waals surface area contributed by atoms with Gasteiger partial charge in [-0.2, -0.15) is 0 Å². The van der Waals surface area contributed by atoms with E-state index in [0.29, 0.717) is 11.8 Å². The van der Waals surface area contributed by atoms with Crippen LogP contribution in [0, 0.1) is 5.92 Å². The molecular weight excluding hydrogens is 396 g/mol. The van der Waals surface area contributed by atoms with E-state index in [1.54, 1.807) is 7.11 Å². The van der Waals surface area contributed by atoms with Crippen molar-refractivity contribution in [2.45, 2.75) is 25.2 Å². The topological polar surface area (TPSA) is 32.8 Å². The number of likely N-dealkylation sites (tertiary alicyclic amines) is 2. The summed E-state index contributed by atoms with van der Waals surface area (Å²) in [6.45, 7) is 5.16. The van der Waals surface area contributed by atoms with E-state index in [9.17, 15) is 4.79 Å². The monoisotopic (exact) mass is 428 g/mol. The first-order valence-corrected chi connectivity index (χ1v) is 11.8. The fraction of sp³-hybridized carbons (Fsp3) is 0.393. The number of methoxy groups -OCH3 is 1. The lowest BCUT2D eigenvalue weighted by Gasteiger charge is -2.33. The first-order valence-electron chi connectivity index (χ1n) is 11.8. The molecular formula is C28H32N2O2. The number of carbonyl (C=O) groups is 1. The molecule has 4 heteroatoms. The average molecular weight is 429 g/mol. The SMILES string of the molecule is COc1ccc2c(C(=O)N3CCC(CN4CCC(c5ccccc5)CC4)C3)cccc2c1. The second kappa shape index (κ2) is 9.33. The quantitative estimate of drug-likeness (QED) is 0.561. The van der Waals surface area contributed by atoms with Gasteiger partial charge in [0.05, 0.1) is 7.11 Å². The van der Waals surface area contributed by atoms with Gasteiger partial charge < -0.3 is 14.5 Å². The van der Waals surface area contributed by atoms with Gasteiger partial charge in [0, 0.05) is 25.2 Å². The third-order valence-corrected chi connectivity index (χ3v) is 7.27. The summed E-state index contributed by atoms with van der Waals surface area (Å²) >= 11 is 0. The standard InChI is InChI=1S/C28H32N2O2/c1-32-25-10-11-26-24(18-25)8-5-9-27(26)28(31)30-17-12-21(20-30)19-29-15-13-23(14-16-29)22-6-3-2-4-7-22/h2-11,18,21,23H,12-17,19-20H2,1H3. The lowest BCUT2D eigenvalue weighted by Crippen LogP contribution is -2.37. The minimum absolute atomic E-state index is 0.158. The van der Waals surface area contributed by atoms with E-state index < -0.39 is 0 Å². The van der Waals surface area contributed by atoms with Crippen molar-refractivity contribution in [2.24, 2.45) is 5.92 Å². The summed E-state index contributed by atoms with van der Waals surface area (Å²) in [7, 11) is 1.67. The van der Waals surface area contributed by atoms with E-state index in [-0.39, 0.29) is 5.91 Å². The van der Waals surface area contributed by atoms with Gasteiger partial charge in [-0.25, -0.2) is 0 Å². The van der Waals surface area contributed by atoms with Crippen LogP contribution in [0.4, 0.5) is 0 Å². The van der Waals surface area contributed by atoms with Crippen molar-refractivity contribution >= 4 is 16.7 Å². The molecule has 1 unspecified atom stereocenters. The summed E-state index contributed by atoms with van der Waals surface area (Å²) in [5.41, 5.74) is 2.28. The van der Waals surface area contributed by atoms with Crippen molar-refractivity contribution in [3.63, 3.8) is 0 Å². The molecule has 0 bridgehead atoms. The van der Waals surface area contributed by atoms with E-state index in [2.05, 4.69) is 40.1 Å². The number of benzene rings is 3. The van der Waals surface area contributed by atoms with E-state index in [4.69, 9.17) is 4.74 Å². The Labute approximate surface area is 190 Å². The van der Waals surface area contributed by atoms with Gasteiger partial charge in [-0.1, -0.05) is 42.5 Å². The third kappa shape index (κ3) is 4.37. The van der Waals surface area contributed by atoms with E-state index in [1.807, 2.05) is 36.4 Å². The molecule has 2 aliphatic rings. The molecule has 1 atom stereocenters. The number of rotatable bonds is 5. The summed E-state index contributed by atoms with van der Waals surface area (Å²) in [5, 5.41) is 2.05. The highest BCUT2D eigenvalue weighted by molar-refractivity contribution is 6.07. The van der Waals surface area contributed by atoms with Crippen LogP contribution in [0.25, 0.3) is 10.8 Å². The number of piperidine rings is 1. The van der Waals surface area contributed by atoms with Crippen molar-refractivity contribution in [3.05, 3.63) is 77.9 Å². The molecule has 2 fully saturated rings. The van der Waals surface area contributed by atoms with Crippen LogP contribution in [0.2, 0.25) is 0 Å². The number of nitrogens with zero attached hydrogens (tertiary/aromatic N) is 2. The van der Waals surface area contributed by atoms with Crippen LogP contribution < -0.4 is 4.74 Å². The molecule has 0 N–H and O–H groups in total. The number of carbonyl (C=O) groups excluding carboxylic acids is 1. The van der Waals surface area contributed by atoms with Gasteiger partial charge in [0.1, 0.15) is 5.75 Å². The average Bonchev–Trinajstić information content (AvgIpc) is 3.32. The molecule has 2 saturated heterocycles. The minimum atomic E-state index is 0.158. The van der Waals surface area contributed by atoms with Crippen LogP contribution in [-0.2, 0) is 0 Å². The largest absolute Gasteiger partial charge is 0.497 e. The zero-order valence-corrected chi connectivity index (χ0v) is 18.9. The molecule has 32 heavy (non-hydrogen) atoms. The van der Waals surface area contributed by atoms with Gasteiger partial charge in [0.25, 0.3) is 5.91 Å². The van der Waals surface area contributed by atoms with Gasteiger partial charge in [-0.05, 0) is 84.8 Å². The summed E-state index contributed by atoms with van der Waals surface area (Å²) < 4.78 is 5.34. The molecule has 166 valence electrons. The van der Waals surface area contributed by atoms with Crippen LogP contribution in [-0.4, -0.2) is 55.5 Å². The predicted octanol–water partition coefficient (Wildman–Crippen LogP) is 5.19. The zero-order chi connectivity index (χ0) is 21.9. The van der Waals surface area contributed by atoms with Crippen LogP contribution in [0.15, 0.2) is 66.7 Å². The van der Waals surface area contributed by atoms with Crippen LogP contribution >= 0.6 is 0 Å². The predicted molar refractivity (Wildman–Crippen MR) is 129 cm³/mol. The highest BCUT2D eigenvalue weighted by Crippen LogP contribution is 2.30. The van der Waals surface area contributed by atoms with Gasteiger partial charge in [-0.15, -0.1) is 0 Å². The van der Waals surface area contributed by atoms with Crippen LogP contribution in [0.1, 0.15) is 41.1 Å². The number of hydrogen-bond acceptors (Lipinski definition) is 3. The molecule has 3 aromatic carbocycles. The molecule has 5 rings (SSSR count). The highest BCUT2D eigenvalue weighted by Gasteiger charge is 2.30. The molecule has 0 aliphatic carbocycles. The van der Waals surface area contributed by atoms with Gasteiger partial charge in [0.15, 0.2) is 0 Å². The Morgan fingerprint density at radius 3 is 2.53 bits per heavy atom. The van der Waals surface area contributed by atoms with Crippen LogP contribution in [0.3, 0.4) is 0 Å². The molecule has 3 aromatic rings. The Kier molecular flexibility index (Phi) is 6.13. The Bertz CT molecular complexity index is 1070. The fourth-order valence-electron chi connectivity index (χ4n) is 5.45. The van der Waals surface area contributed by atoms with Crippen molar-refractivity contribution in [1.29, 1.82) is 0 Å². The Balaban J connectivity index is 1.18. The highest BCUT2D eigenvalue weighted by atomic mass is 16.5. The zero-order valence-electron chi connectivity index (χ0n) is 18.9. The molecule has 0 aromatic heterocycles. The van der Waals surface area contributed by atoms with Crippen molar-refractivity contribution in [1.82, 2.24) is 9.80 Å². The molecule has 4 nitrogen and oxygen atoms in total. The summed E-state index contributed by atoms with van der Waals surface area (Å²) in [6.07, 6.45) is 3.57. The number of amides is 1. The summed E-state index contributed by atoms with van der Waals surface area (Å²) in [4.78, 5) is 18.0. The lowest BCUT2D eigenvalue weighted by atomic mass is 9.89. The second-order valence-corrected chi connectivity index (χ2v) is 9.28. The maximum Gasteiger partial charge on any atom is 0.254 e. The van der Waals surface area contributed by atoms with Crippen LogP contribution in [0.5, 0.6) is 5.75 Å². The summed E-state index contributed by atoms with van der Waals surface area (Å²) in [5.74, 6) is 2.24. The molecule has 1 amide bonds. The molecule has 0 saturated carbocycles. The number of fused-ring (bicyclic) bond motifs is 1. The van der Waals surface area contributed by atoms with E-state index in [0.717, 1.165) is 61.2 Å². The molecule has 2 aliphatic heterocycles. The second-order valence-electron chi connectivity index (χ2n) is 9.28. The van der Waals surface area contributed by atoms with E-state index >= 15 is 0 Å². The fourth-order valence-corrected chi connectivity index (χ4v) is 5.45. The van der Waals surface area contributed by atoms with Crippen molar-refractivity contribution < 1.29 is 9.53 Å². The first-order chi connectivity index (χ1) is 15.7. The van der Waals surface area contributed by atoms with Gasteiger partial charge in [-0.3, -0.25) is 4.79 Å². The maximum atomic E-state index is 13.3. The molecule has 0 radical (unpaired) electrons. The Morgan fingerprint density at radius 1 is 0.938 bits per heavy atom. The summed E-state index contributed by atoms with van der Waals surface area (Å²) in [6, 6.07) is 22.8. The maximum absolute atomic E-state index is 13.3. The van der Waals surface area contributed by atoms with Gasteiger partial charge in [0.2, 0.25) is 0 Å². The Hall–Kier alpha value is -2.85. The lowest BCUT2D eigenvalue weighted by molar-refractivity contribution is 0.0784. The smallest absolute Gasteiger partial charge is 0.254 e. The Morgan fingerprint density at radius 2 is 1.75 bits per heavy atom.